The van der Waals surface area contributed by atoms with E-state index >= 15 is 0 Å². The second-order valence-corrected chi connectivity index (χ2v) is 7.75. The van der Waals surface area contributed by atoms with Gasteiger partial charge in [-0.1, -0.05) is 0 Å². The van der Waals surface area contributed by atoms with Crippen LogP contribution in [0.4, 0.5) is 0 Å². The number of nitrogens with zero attached hydrogens (tertiary/aromatic N) is 2. The molecule has 7 heteroatoms. The van der Waals surface area contributed by atoms with E-state index in [-0.39, 0.29) is 19.1 Å². The summed E-state index contributed by atoms with van der Waals surface area (Å²) in [5.41, 5.74) is 1.20. The van der Waals surface area contributed by atoms with Crippen molar-refractivity contribution in [1.29, 1.82) is 0 Å². The molecule has 0 spiro atoms. The van der Waals surface area contributed by atoms with Crippen molar-refractivity contribution in [3.8, 4) is 5.75 Å². The maximum Gasteiger partial charge on any atom is 0.313 e. The van der Waals surface area contributed by atoms with Crippen molar-refractivity contribution in [3.05, 3.63) is 35.5 Å². The summed E-state index contributed by atoms with van der Waals surface area (Å²) in [7, 11) is 3.07. The first-order valence-electron chi connectivity index (χ1n) is 9.48. The normalized spacial score (nSPS) is 21.9. The number of hydrogen-bond acceptors (Lipinski definition) is 5. The van der Waals surface area contributed by atoms with Crippen LogP contribution < -0.4 is 4.74 Å². The molecular weight excluding hydrogens is 360 g/mol. The minimum atomic E-state index is -1.05. The number of amides is 1. The number of aliphatic carboxylic acids is 1. The number of rotatable bonds is 6. The first-order valence-corrected chi connectivity index (χ1v) is 9.48. The third kappa shape index (κ3) is 3.20. The lowest BCUT2D eigenvalue weighted by Gasteiger charge is -2.24. The zero-order valence-electron chi connectivity index (χ0n) is 16.1. The molecule has 1 aliphatic heterocycles. The molecule has 0 bridgehead atoms. The Labute approximate surface area is 163 Å². The Bertz CT molecular complexity index is 940. The van der Waals surface area contributed by atoms with Crippen molar-refractivity contribution in [2.24, 2.45) is 5.41 Å². The number of carbonyl (C=O) groups excluding carboxylic acids is 1. The van der Waals surface area contributed by atoms with Gasteiger partial charge in [-0.05, 0) is 43.5 Å². The van der Waals surface area contributed by atoms with Crippen molar-refractivity contribution in [2.75, 3.05) is 33.9 Å². The van der Waals surface area contributed by atoms with Crippen LogP contribution in [0.25, 0.3) is 10.9 Å². The molecule has 1 N–H and O–H groups in total. The number of carboxylic acids is 1. The average Bonchev–Trinajstić information content (AvgIpc) is 3.46. The molecule has 1 saturated heterocycles. The fourth-order valence-electron chi connectivity index (χ4n) is 3.96. The van der Waals surface area contributed by atoms with E-state index in [1.54, 1.807) is 12.0 Å². The molecule has 1 amide bonds. The molecule has 7 nitrogen and oxygen atoms in total. The number of likely N-dealkylation sites (tertiary alicyclic amines) is 1. The first-order chi connectivity index (χ1) is 13.5. The lowest BCUT2D eigenvalue weighted by molar-refractivity contribution is -0.151. The summed E-state index contributed by atoms with van der Waals surface area (Å²) in [4.78, 5) is 31.6. The predicted molar refractivity (Wildman–Crippen MR) is 103 cm³/mol. The van der Waals surface area contributed by atoms with Gasteiger partial charge < -0.3 is 19.5 Å². The minimum Gasteiger partial charge on any atom is -0.497 e. The van der Waals surface area contributed by atoms with Gasteiger partial charge in [-0.25, -0.2) is 0 Å². The molecule has 0 radical (unpaired) electrons. The largest absolute Gasteiger partial charge is 0.497 e. The second-order valence-electron chi connectivity index (χ2n) is 7.75. The Morgan fingerprint density at radius 3 is 2.71 bits per heavy atom. The Morgan fingerprint density at radius 1 is 1.29 bits per heavy atom. The highest BCUT2D eigenvalue weighted by Gasteiger charge is 2.46. The van der Waals surface area contributed by atoms with Crippen molar-refractivity contribution in [2.45, 2.75) is 25.2 Å². The van der Waals surface area contributed by atoms with Crippen LogP contribution in [0, 0.1) is 5.41 Å². The van der Waals surface area contributed by atoms with Crippen molar-refractivity contribution < 1.29 is 24.2 Å². The molecule has 2 aromatic rings. The molecule has 28 heavy (non-hydrogen) atoms. The topological polar surface area (TPSA) is 89.0 Å². The number of benzene rings is 1. The second kappa shape index (κ2) is 7.05. The van der Waals surface area contributed by atoms with E-state index in [0.717, 1.165) is 29.4 Å². The number of carbonyl (C=O) groups is 2. The van der Waals surface area contributed by atoms with E-state index in [0.29, 0.717) is 30.2 Å². The molecule has 1 aromatic carbocycles. The summed E-state index contributed by atoms with van der Waals surface area (Å²) in [6, 6.07) is 7.40. The highest BCUT2D eigenvalue weighted by atomic mass is 16.5. The van der Waals surface area contributed by atoms with Gasteiger partial charge in [0.2, 0.25) is 0 Å². The number of aromatic nitrogens is 1. The number of methoxy groups -OCH3 is 2. The third-order valence-electron chi connectivity index (χ3n) is 5.78. The standard InChI is InChI=1S/C21H24N2O5/c1-27-12-21(20(25)26)7-8-23(11-21)19(24)16-10-18(13-3-4-13)22-17-6-5-14(28-2)9-15(16)17/h5-6,9-10,13H,3-4,7-8,11-12H2,1-2H3,(H,25,26). The first kappa shape index (κ1) is 18.7. The van der Waals surface area contributed by atoms with Crippen molar-refractivity contribution >= 4 is 22.8 Å². The summed E-state index contributed by atoms with van der Waals surface area (Å²) >= 11 is 0. The molecule has 148 valence electrons. The van der Waals surface area contributed by atoms with E-state index in [4.69, 9.17) is 14.5 Å². The maximum atomic E-state index is 13.4. The molecule has 1 aliphatic carbocycles. The fraction of sp³-hybridized carbons (Fsp3) is 0.476. The Hall–Kier alpha value is -2.67. The summed E-state index contributed by atoms with van der Waals surface area (Å²) in [6.07, 6.45) is 2.55. The molecule has 2 heterocycles. The molecular formula is C21H24N2O5. The van der Waals surface area contributed by atoms with E-state index in [2.05, 4.69) is 0 Å². The highest BCUT2D eigenvalue weighted by molar-refractivity contribution is 6.07. The lowest BCUT2D eigenvalue weighted by Crippen LogP contribution is -2.40. The van der Waals surface area contributed by atoms with Gasteiger partial charge in [-0.2, -0.15) is 0 Å². The lowest BCUT2D eigenvalue weighted by atomic mass is 9.88. The van der Waals surface area contributed by atoms with Crippen LogP contribution in [0.5, 0.6) is 5.75 Å². The highest BCUT2D eigenvalue weighted by Crippen LogP contribution is 2.41. The summed E-state index contributed by atoms with van der Waals surface area (Å²) in [5, 5.41) is 10.4. The van der Waals surface area contributed by atoms with Gasteiger partial charge in [0, 0.05) is 37.2 Å². The fourth-order valence-corrected chi connectivity index (χ4v) is 3.96. The number of hydrogen-bond donors (Lipinski definition) is 1. The molecule has 4 rings (SSSR count). The smallest absolute Gasteiger partial charge is 0.313 e. The van der Waals surface area contributed by atoms with Crippen LogP contribution in [0.2, 0.25) is 0 Å². The zero-order chi connectivity index (χ0) is 19.9. The van der Waals surface area contributed by atoms with E-state index in [1.807, 2.05) is 24.3 Å². The molecule has 1 unspecified atom stereocenters. The van der Waals surface area contributed by atoms with E-state index in [1.165, 1.54) is 7.11 Å². The van der Waals surface area contributed by atoms with Crippen molar-refractivity contribution in [1.82, 2.24) is 9.88 Å². The number of carboxylic acid groups (broad SMARTS) is 1. The molecule has 1 atom stereocenters. The third-order valence-corrected chi connectivity index (χ3v) is 5.78. The molecule has 1 aromatic heterocycles. The maximum absolute atomic E-state index is 13.4. The van der Waals surface area contributed by atoms with Gasteiger partial charge in [0.25, 0.3) is 5.91 Å². The molecule has 1 saturated carbocycles. The summed E-state index contributed by atoms with van der Waals surface area (Å²) < 4.78 is 10.5. The summed E-state index contributed by atoms with van der Waals surface area (Å²) in [6.45, 7) is 0.618. The minimum absolute atomic E-state index is 0.0877. The van der Waals surface area contributed by atoms with Gasteiger partial charge in [-0.15, -0.1) is 0 Å². The van der Waals surface area contributed by atoms with Gasteiger partial charge in [-0.3, -0.25) is 14.6 Å². The number of ether oxygens (including phenoxy) is 2. The summed E-state index contributed by atoms with van der Waals surface area (Å²) in [5.74, 6) is -0.0298. The quantitative estimate of drug-likeness (QED) is 0.824. The van der Waals surface area contributed by atoms with Crippen LogP contribution in [0.15, 0.2) is 24.3 Å². The monoisotopic (exact) mass is 384 g/mol. The van der Waals surface area contributed by atoms with E-state index in [9.17, 15) is 14.7 Å². The van der Waals surface area contributed by atoms with E-state index < -0.39 is 11.4 Å². The van der Waals surface area contributed by atoms with Gasteiger partial charge >= 0.3 is 5.97 Å². The Balaban J connectivity index is 1.73. The van der Waals surface area contributed by atoms with Gasteiger partial charge in [0.05, 0.1) is 24.8 Å². The Morgan fingerprint density at radius 2 is 2.07 bits per heavy atom. The van der Waals surface area contributed by atoms with Gasteiger partial charge in [0.15, 0.2) is 0 Å². The molecule has 2 fully saturated rings. The average molecular weight is 384 g/mol. The molecule has 2 aliphatic rings. The van der Waals surface area contributed by atoms with Crippen LogP contribution in [-0.2, 0) is 9.53 Å². The van der Waals surface area contributed by atoms with Crippen LogP contribution >= 0.6 is 0 Å². The number of fused-ring (bicyclic) bond motifs is 1. The van der Waals surface area contributed by atoms with Crippen LogP contribution in [0.1, 0.15) is 41.2 Å². The Kier molecular flexibility index (Phi) is 4.71. The number of pyridine rings is 1. The van der Waals surface area contributed by atoms with Crippen LogP contribution in [-0.4, -0.2) is 60.8 Å². The SMILES string of the molecule is COCC1(C(=O)O)CCN(C(=O)c2cc(C3CC3)nc3ccc(OC)cc23)C1. The van der Waals surface area contributed by atoms with Crippen LogP contribution in [0.3, 0.4) is 0 Å². The van der Waals surface area contributed by atoms with Crippen molar-refractivity contribution in [3.63, 3.8) is 0 Å². The van der Waals surface area contributed by atoms with Gasteiger partial charge in [0.1, 0.15) is 11.2 Å². The predicted octanol–water partition coefficient (Wildman–Crippen LogP) is 2.68. The zero-order valence-corrected chi connectivity index (χ0v) is 16.1.